The van der Waals surface area contributed by atoms with E-state index in [0.717, 1.165) is 37.4 Å². The van der Waals surface area contributed by atoms with Gasteiger partial charge < -0.3 is 10.2 Å². The van der Waals surface area contributed by atoms with Crippen molar-refractivity contribution in [1.29, 1.82) is 0 Å². The third-order valence-corrected chi connectivity index (χ3v) is 5.12. The number of carbonyl (C=O) groups excluding carboxylic acids is 1. The van der Waals surface area contributed by atoms with E-state index in [1.165, 1.54) is 4.88 Å². The van der Waals surface area contributed by atoms with Crippen LogP contribution < -0.4 is 5.32 Å². The molecule has 1 aliphatic rings. The third kappa shape index (κ3) is 3.97. The molecule has 0 aliphatic carbocycles. The molecule has 23 heavy (non-hydrogen) atoms. The standard InChI is InChI=1S/C16H23N5OS/c1-12-10-18-15(23-12)6-8-20(2)16(22)14-5-9-21(19-14)13-4-3-7-17-11-13/h5,9-10,13,17H,3-4,6-8,11H2,1-2H3. The number of nitrogens with one attached hydrogen (secondary N) is 1. The van der Waals surface area contributed by atoms with Crippen LogP contribution in [0, 0.1) is 6.92 Å². The summed E-state index contributed by atoms with van der Waals surface area (Å²) in [4.78, 5) is 19.8. The number of carbonyl (C=O) groups is 1. The maximum Gasteiger partial charge on any atom is 0.274 e. The van der Waals surface area contributed by atoms with Crippen LogP contribution in [0.15, 0.2) is 18.5 Å². The van der Waals surface area contributed by atoms with Crippen molar-refractivity contribution >= 4 is 17.2 Å². The summed E-state index contributed by atoms with van der Waals surface area (Å²) in [6.45, 7) is 4.70. The molecule has 2 aromatic heterocycles. The van der Waals surface area contributed by atoms with E-state index < -0.39 is 0 Å². The van der Waals surface area contributed by atoms with Crippen molar-refractivity contribution in [2.75, 3.05) is 26.7 Å². The van der Waals surface area contributed by atoms with E-state index in [4.69, 9.17) is 0 Å². The van der Waals surface area contributed by atoms with Crippen molar-refractivity contribution in [3.63, 3.8) is 0 Å². The Hall–Kier alpha value is -1.73. The van der Waals surface area contributed by atoms with Crippen LogP contribution in [0.2, 0.25) is 0 Å². The molecule has 3 heterocycles. The predicted octanol–water partition coefficient (Wildman–Crippen LogP) is 1.89. The van der Waals surface area contributed by atoms with Gasteiger partial charge in [0.1, 0.15) is 5.69 Å². The summed E-state index contributed by atoms with van der Waals surface area (Å²) in [5, 5.41) is 8.93. The Morgan fingerprint density at radius 1 is 1.57 bits per heavy atom. The lowest BCUT2D eigenvalue weighted by Gasteiger charge is -2.23. The highest BCUT2D eigenvalue weighted by atomic mass is 32.1. The van der Waals surface area contributed by atoms with Crippen molar-refractivity contribution in [3.8, 4) is 0 Å². The Morgan fingerprint density at radius 3 is 3.13 bits per heavy atom. The van der Waals surface area contributed by atoms with Crippen LogP contribution in [-0.4, -0.2) is 52.3 Å². The van der Waals surface area contributed by atoms with Crippen molar-refractivity contribution in [3.05, 3.63) is 34.0 Å². The Balaban J connectivity index is 1.57. The molecule has 2 aromatic rings. The Kier molecular flexibility index (Phi) is 5.07. The smallest absolute Gasteiger partial charge is 0.274 e. The van der Waals surface area contributed by atoms with E-state index in [2.05, 4.69) is 15.4 Å². The largest absolute Gasteiger partial charge is 0.340 e. The Labute approximate surface area is 140 Å². The highest BCUT2D eigenvalue weighted by Gasteiger charge is 2.19. The van der Waals surface area contributed by atoms with Gasteiger partial charge in [-0.15, -0.1) is 11.3 Å². The molecule has 1 fully saturated rings. The third-order valence-electron chi connectivity index (χ3n) is 4.15. The first kappa shape index (κ1) is 16.1. The van der Waals surface area contributed by atoms with Crippen LogP contribution in [0.1, 0.15) is 39.3 Å². The van der Waals surface area contributed by atoms with Gasteiger partial charge in [-0.05, 0) is 32.4 Å². The molecule has 6 nitrogen and oxygen atoms in total. The summed E-state index contributed by atoms with van der Waals surface area (Å²) in [5.41, 5.74) is 0.522. The zero-order valence-electron chi connectivity index (χ0n) is 13.7. The first-order valence-corrected chi connectivity index (χ1v) is 8.88. The second-order valence-corrected chi connectivity index (χ2v) is 7.34. The SMILES string of the molecule is Cc1cnc(CCN(C)C(=O)c2ccn(C3CCCNC3)n2)s1. The van der Waals surface area contributed by atoms with Crippen molar-refractivity contribution < 1.29 is 4.79 Å². The molecule has 1 unspecified atom stereocenters. The zero-order valence-corrected chi connectivity index (χ0v) is 14.5. The monoisotopic (exact) mass is 333 g/mol. The van der Waals surface area contributed by atoms with Crippen molar-refractivity contribution in [2.24, 2.45) is 0 Å². The lowest BCUT2D eigenvalue weighted by molar-refractivity contribution is 0.0789. The molecule has 0 saturated carbocycles. The van der Waals surface area contributed by atoms with E-state index in [0.29, 0.717) is 18.3 Å². The van der Waals surface area contributed by atoms with Gasteiger partial charge in [0, 0.05) is 43.8 Å². The molecule has 1 saturated heterocycles. The van der Waals surface area contributed by atoms with E-state index >= 15 is 0 Å². The quantitative estimate of drug-likeness (QED) is 0.907. The molecular weight excluding hydrogens is 310 g/mol. The van der Waals surface area contributed by atoms with Gasteiger partial charge in [-0.25, -0.2) is 4.98 Å². The predicted molar refractivity (Wildman–Crippen MR) is 90.9 cm³/mol. The van der Waals surface area contributed by atoms with Gasteiger partial charge >= 0.3 is 0 Å². The fourth-order valence-corrected chi connectivity index (χ4v) is 3.57. The van der Waals surface area contributed by atoms with Crippen LogP contribution in [0.5, 0.6) is 0 Å². The molecule has 1 atom stereocenters. The van der Waals surface area contributed by atoms with Crippen LogP contribution >= 0.6 is 11.3 Å². The topological polar surface area (TPSA) is 63.1 Å². The molecule has 3 rings (SSSR count). The molecule has 0 radical (unpaired) electrons. The van der Waals surface area contributed by atoms with Gasteiger partial charge in [0.05, 0.1) is 11.0 Å². The number of likely N-dealkylation sites (N-methyl/N-ethyl adjacent to an activating group) is 1. The molecule has 0 spiro atoms. The lowest BCUT2D eigenvalue weighted by atomic mass is 10.1. The number of nitrogens with zero attached hydrogens (tertiary/aromatic N) is 4. The van der Waals surface area contributed by atoms with E-state index in [-0.39, 0.29) is 5.91 Å². The zero-order chi connectivity index (χ0) is 16.2. The highest BCUT2D eigenvalue weighted by Crippen LogP contribution is 2.16. The molecule has 1 amide bonds. The number of piperidine rings is 1. The number of thiazole rings is 1. The Bertz CT molecular complexity index is 659. The summed E-state index contributed by atoms with van der Waals surface area (Å²) in [5.74, 6) is -0.0270. The molecule has 7 heteroatoms. The summed E-state index contributed by atoms with van der Waals surface area (Å²) < 4.78 is 1.93. The van der Waals surface area contributed by atoms with Crippen LogP contribution in [0.3, 0.4) is 0 Å². The minimum atomic E-state index is -0.0270. The average Bonchev–Trinajstić information content (AvgIpc) is 3.22. The normalized spacial score (nSPS) is 18.1. The first-order chi connectivity index (χ1) is 11.1. The molecule has 1 N–H and O–H groups in total. The van der Waals surface area contributed by atoms with Crippen LogP contribution in [0.4, 0.5) is 0 Å². The summed E-state index contributed by atoms with van der Waals surface area (Å²) in [6.07, 6.45) is 6.85. The highest BCUT2D eigenvalue weighted by molar-refractivity contribution is 7.11. The minimum absolute atomic E-state index is 0.0270. The fraction of sp³-hybridized carbons (Fsp3) is 0.562. The number of rotatable bonds is 5. The maximum atomic E-state index is 12.5. The second-order valence-electron chi connectivity index (χ2n) is 6.02. The number of amides is 1. The van der Waals surface area contributed by atoms with Gasteiger partial charge in [0.15, 0.2) is 0 Å². The Morgan fingerprint density at radius 2 is 2.43 bits per heavy atom. The van der Waals surface area contributed by atoms with Gasteiger partial charge in [-0.1, -0.05) is 0 Å². The van der Waals surface area contributed by atoms with Gasteiger partial charge in [0.2, 0.25) is 0 Å². The summed E-state index contributed by atoms with van der Waals surface area (Å²) >= 11 is 1.68. The van der Waals surface area contributed by atoms with E-state index in [1.807, 2.05) is 37.1 Å². The lowest BCUT2D eigenvalue weighted by Crippen LogP contribution is -2.32. The second kappa shape index (κ2) is 7.23. The number of aryl methyl sites for hydroxylation is 1. The number of hydrogen-bond acceptors (Lipinski definition) is 5. The molecule has 0 aromatic carbocycles. The molecule has 1 aliphatic heterocycles. The average molecular weight is 333 g/mol. The molecule has 124 valence electrons. The van der Waals surface area contributed by atoms with Crippen LogP contribution in [-0.2, 0) is 6.42 Å². The summed E-state index contributed by atoms with van der Waals surface area (Å²) in [6, 6.07) is 2.18. The maximum absolute atomic E-state index is 12.5. The summed E-state index contributed by atoms with van der Waals surface area (Å²) in [7, 11) is 1.82. The minimum Gasteiger partial charge on any atom is -0.340 e. The van der Waals surface area contributed by atoms with E-state index in [9.17, 15) is 4.79 Å². The van der Waals surface area contributed by atoms with Gasteiger partial charge in [-0.3, -0.25) is 9.48 Å². The molecular formula is C16H23N5OS. The first-order valence-electron chi connectivity index (χ1n) is 8.06. The fourth-order valence-electron chi connectivity index (χ4n) is 2.79. The van der Waals surface area contributed by atoms with Crippen molar-refractivity contribution in [1.82, 2.24) is 25.0 Å². The molecule has 0 bridgehead atoms. The van der Waals surface area contributed by atoms with Gasteiger partial charge in [0.25, 0.3) is 5.91 Å². The van der Waals surface area contributed by atoms with E-state index in [1.54, 1.807) is 16.2 Å². The number of aromatic nitrogens is 3. The van der Waals surface area contributed by atoms with Gasteiger partial charge in [-0.2, -0.15) is 5.10 Å². The van der Waals surface area contributed by atoms with Crippen molar-refractivity contribution in [2.45, 2.75) is 32.2 Å². The van der Waals surface area contributed by atoms with Crippen LogP contribution in [0.25, 0.3) is 0 Å². The number of hydrogen-bond donors (Lipinski definition) is 1.